The second-order valence-electron chi connectivity index (χ2n) is 2.70. The molecule has 1 atom stereocenters. The third kappa shape index (κ3) is 1.90. The van der Waals surface area contributed by atoms with Gasteiger partial charge in [-0.05, 0) is 12.1 Å². The summed E-state index contributed by atoms with van der Waals surface area (Å²) >= 11 is 5.86. The summed E-state index contributed by atoms with van der Waals surface area (Å²) in [5.74, 6) is 0.731. The van der Waals surface area contributed by atoms with Crippen molar-refractivity contribution >= 4 is 11.6 Å². The second-order valence-corrected chi connectivity index (χ2v) is 3.10. The Morgan fingerprint density at radius 1 is 1.50 bits per heavy atom. The van der Waals surface area contributed by atoms with Crippen LogP contribution in [0.25, 0.3) is 0 Å². The molecular weight excluding hydrogens is 176 g/mol. The van der Waals surface area contributed by atoms with Crippen molar-refractivity contribution in [1.29, 1.82) is 0 Å². The van der Waals surface area contributed by atoms with Crippen LogP contribution >= 0.6 is 11.6 Å². The van der Waals surface area contributed by atoms with E-state index in [2.05, 4.69) is 0 Å². The largest absolute Gasteiger partial charge is 0.489 e. The minimum absolute atomic E-state index is 0.279. The Bertz CT molecular complexity index is 271. The number of benzene rings is 1. The first-order valence-corrected chi connectivity index (χ1v) is 4.23. The van der Waals surface area contributed by atoms with Crippen molar-refractivity contribution in [3.05, 3.63) is 29.3 Å². The number of para-hydroxylation sites is 1. The molecule has 0 spiro atoms. The lowest BCUT2D eigenvalue weighted by Crippen LogP contribution is -2.03. The highest BCUT2D eigenvalue weighted by atomic mass is 35.5. The van der Waals surface area contributed by atoms with Crippen LogP contribution in [0.4, 0.5) is 0 Å². The number of halogens is 1. The van der Waals surface area contributed by atoms with Gasteiger partial charge in [0.25, 0.3) is 0 Å². The van der Waals surface area contributed by atoms with Crippen LogP contribution in [0.5, 0.6) is 5.75 Å². The summed E-state index contributed by atoms with van der Waals surface area (Å²) in [4.78, 5) is 0. The van der Waals surface area contributed by atoms with E-state index in [1.54, 1.807) is 0 Å². The molecule has 1 aliphatic rings. The Hall–Kier alpha value is -0.730. The third-order valence-corrected chi connectivity index (χ3v) is 1.98. The fourth-order valence-corrected chi connectivity index (χ4v) is 1.10. The minimum atomic E-state index is 0.279. The molecule has 1 aromatic carbocycles. The van der Waals surface area contributed by atoms with Crippen molar-refractivity contribution < 1.29 is 9.47 Å². The normalized spacial score (nSPS) is 20.6. The Kier molecular flexibility index (Phi) is 2.19. The van der Waals surface area contributed by atoms with Gasteiger partial charge in [0, 0.05) is 0 Å². The standard InChI is InChI=1S/C9H9ClO2/c10-8-3-1-2-4-9(8)12-6-7-5-11-7/h1-4,7H,5-6H2/t7-/m0/s1. The van der Waals surface area contributed by atoms with Crippen molar-refractivity contribution in [3.63, 3.8) is 0 Å². The maximum atomic E-state index is 5.86. The van der Waals surface area contributed by atoms with Crippen molar-refractivity contribution in [2.45, 2.75) is 6.10 Å². The van der Waals surface area contributed by atoms with Gasteiger partial charge in [-0.15, -0.1) is 0 Å². The van der Waals surface area contributed by atoms with Crippen LogP contribution in [-0.2, 0) is 4.74 Å². The molecule has 3 heteroatoms. The quantitative estimate of drug-likeness (QED) is 0.672. The van der Waals surface area contributed by atoms with E-state index in [0.717, 1.165) is 12.4 Å². The third-order valence-electron chi connectivity index (χ3n) is 1.66. The van der Waals surface area contributed by atoms with Gasteiger partial charge in [0.15, 0.2) is 0 Å². The van der Waals surface area contributed by atoms with E-state index in [4.69, 9.17) is 21.1 Å². The van der Waals surface area contributed by atoms with E-state index in [1.165, 1.54) is 0 Å². The molecule has 2 rings (SSSR count). The van der Waals surface area contributed by atoms with Gasteiger partial charge in [0.1, 0.15) is 18.5 Å². The molecule has 0 aromatic heterocycles. The Labute approximate surface area is 76.1 Å². The van der Waals surface area contributed by atoms with Crippen molar-refractivity contribution in [2.24, 2.45) is 0 Å². The molecule has 2 nitrogen and oxygen atoms in total. The van der Waals surface area contributed by atoms with Gasteiger partial charge in [-0.25, -0.2) is 0 Å². The molecule has 0 unspecified atom stereocenters. The van der Waals surface area contributed by atoms with E-state index in [9.17, 15) is 0 Å². The molecule has 0 amide bonds. The molecule has 0 aliphatic carbocycles. The summed E-state index contributed by atoms with van der Waals surface area (Å²) in [6, 6.07) is 7.44. The Morgan fingerprint density at radius 2 is 2.25 bits per heavy atom. The summed E-state index contributed by atoms with van der Waals surface area (Å²) in [7, 11) is 0. The zero-order valence-electron chi connectivity index (χ0n) is 6.50. The highest BCUT2D eigenvalue weighted by molar-refractivity contribution is 6.32. The van der Waals surface area contributed by atoms with Crippen LogP contribution in [0.1, 0.15) is 0 Å². The highest BCUT2D eigenvalue weighted by Gasteiger charge is 2.23. The molecule has 0 radical (unpaired) electrons. The molecular formula is C9H9ClO2. The second kappa shape index (κ2) is 3.33. The first-order valence-electron chi connectivity index (χ1n) is 3.85. The number of hydrogen-bond donors (Lipinski definition) is 0. The molecule has 1 aliphatic heterocycles. The van der Waals surface area contributed by atoms with Crippen LogP contribution in [0, 0.1) is 0 Å². The zero-order chi connectivity index (χ0) is 8.39. The fourth-order valence-electron chi connectivity index (χ4n) is 0.909. The lowest BCUT2D eigenvalue weighted by atomic mass is 10.3. The van der Waals surface area contributed by atoms with Gasteiger partial charge in [-0.3, -0.25) is 0 Å². The van der Waals surface area contributed by atoms with Crippen LogP contribution < -0.4 is 4.74 Å². The number of epoxide rings is 1. The molecule has 1 heterocycles. The summed E-state index contributed by atoms with van der Waals surface area (Å²) < 4.78 is 10.4. The molecule has 0 saturated carbocycles. The first-order chi connectivity index (χ1) is 5.86. The molecule has 12 heavy (non-hydrogen) atoms. The van der Waals surface area contributed by atoms with Crippen LogP contribution in [-0.4, -0.2) is 19.3 Å². The van der Waals surface area contributed by atoms with Gasteiger partial charge in [-0.2, -0.15) is 0 Å². The monoisotopic (exact) mass is 184 g/mol. The van der Waals surface area contributed by atoms with E-state index >= 15 is 0 Å². The lowest BCUT2D eigenvalue weighted by molar-refractivity contribution is 0.263. The topological polar surface area (TPSA) is 21.8 Å². The SMILES string of the molecule is Clc1ccccc1OC[C@@H]1CO1. The molecule has 1 aromatic rings. The van der Waals surface area contributed by atoms with Crippen molar-refractivity contribution in [3.8, 4) is 5.75 Å². The number of hydrogen-bond acceptors (Lipinski definition) is 2. The Morgan fingerprint density at radius 3 is 2.92 bits per heavy atom. The first kappa shape index (κ1) is 7.90. The molecule has 64 valence electrons. The summed E-state index contributed by atoms with van der Waals surface area (Å²) in [6.45, 7) is 1.41. The smallest absolute Gasteiger partial charge is 0.138 e. The molecule has 1 saturated heterocycles. The number of ether oxygens (including phenoxy) is 2. The van der Waals surface area contributed by atoms with Gasteiger partial charge >= 0.3 is 0 Å². The number of rotatable bonds is 3. The van der Waals surface area contributed by atoms with E-state index in [0.29, 0.717) is 11.6 Å². The lowest BCUT2D eigenvalue weighted by Gasteiger charge is -2.04. The fraction of sp³-hybridized carbons (Fsp3) is 0.333. The minimum Gasteiger partial charge on any atom is -0.489 e. The van der Waals surface area contributed by atoms with E-state index in [-0.39, 0.29) is 6.10 Å². The highest BCUT2D eigenvalue weighted by Crippen LogP contribution is 2.24. The van der Waals surface area contributed by atoms with E-state index in [1.807, 2.05) is 24.3 Å². The molecule has 0 bridgehead atoms. The van der Waals surface area contributed by atoms with Gasteiger partial charge in [0.05, 0.1) is 11.6 Å². The predicted molar refractivity (Wildman–Crippen MR) is 46.7 cm³/mol. The predicted octanol–water partition coefficient (Wildman–Crippen LogP) is 2.12. The molecule has 0 N–H and O–H groups in total. The molecule has 1 fully saturated rings. The zero-order valence-corrected chi connectivity index (χ0v) is 7.25. The van der Waals surface area contributed by atoms with Crippen LogP contribution in [0.3, 0.4) is 0 Å². The van der Waals surface area contributed by atoms with Gasteiger partial charge in [-0.1, -0.05) is 23.7 Å². The Balaban J connectivity index is 1.96. The summed E-state index contributed by atoms with van der Waals surface area (Å²) in [5.41, 5.74) is 0. The van der Waals surface area contributed by atoms with E-state index < -0.39 is 0 Å². The maximum Gasteiger partial charge on any atom is 0.138 e. The van der Waals surface area contributed by atoms with Crippen molar-refractivity contribution in [2.75, 3.05) is 13.2 Å². The van der Waals surface area contributed by atoms with Crippen molar-refractivity contribution in [1.82, 2.24) is 0 Å². The van der Waals surface area contributed by atoms with Crippen LogP contribution in [0.2, 0.25) is 5.02 Å². The average Bonchev–Trinajstić information content (AvgIpc) is 2.86. The van der Waals surface area contributed by atoms with Gasteiger partial charge < -0.3 is 9.47 Å². The van der Waals surface area contributed by atoms with Crippen LogP contribution in [0.15, 0.2) is 24.3 Å². The maximum absolute atomic E-state index is 5.86. The average molecular weight is 185 g/mol. The summed E-state index contributed by atoms with van der Waals surface area (Å²) in [5, 5.41) is 0.651. The summed E-state index contributed by atoms with van der Waals surface area (Å²) in [6.07, 6.45) is 0.279. The van der Waals surface area contributed by atoms with Gasteiger partial charge in [0.2, 0.25) is 0 Å².